The molecule has 4 heterocycles. The molecule has 2 aromatic heterocycles. The predicted octanol–water partition coefficient (Wildman–Crippen LogP) is 3.31. The first kappa shape index (κ1) is 15.7. The van der Waals surface area contributed by atoms with Crippen LogP contribution in [0.2, 0.25) is 0 Å². The fraction of sp³-hybridized carbons (Fsp3) is 0.429. The molecule has 2 fully saturated rings. The summed E-state index contributed by atoms with van der Waals surface area (Å²) in [6.07, 6.45) is 10.8. The van der Waals surface area contributed by atoms with Crippen LogP contribution >= 0.6 is 0 Å². The van der Waals surface area contributed by atoms with Gasteiger partial charge in [0.15, 0.2) is 0 Å². The number of carbonyl (C=O) groups is 1. The molecule has 2 aliphatic rings. The number of aryl methyl sites for hydroxylation is 1. The molecule has 5 heteroatoms. The van der Waals surface area contributed by atoms with E-state index in [1.807, 2.05) is 18.3 Å². The molecule has 2 saturated heterocycles. The number of amides is 1. The van der Waals surface area contributed by atoms with Crippen LogP contribution in [0.4, 0.5) is 0 Å². The van der Waals surface area contributed by atoms with Gasteiger partial charge in [0.2, 0.25) is 5.91 Å². The van der Waals surface area contributed by atoms with Crippen molar-refractivity contribution in [1.29, 1.82) is 0 Å². The van der Waals surface area contributed by atoms with Crippen molar-refractivity contribution in [2.45, 2.75) is 50.2 Å². The number of fused-ring (bicyclic) bond motifs is 3. The van der Waals surface area contributed by atoms with E-state index in [9.17, 15) is 4.79 Å². The molecular weight excluding hydrogens is 324 g/mol. The number of nitrogens with zero attached hydrogens (tertiary/aromatic N) is 4. The van der Waals surface area contributed by atoms with E-state index >= 15 is 0 Å². The van der Waals surface area contributed by atoms with E-state index in [0.29, 0.717) is 24.5 Å². The van der Waals surface area contributed by atoms with E-state index < -0.39 is 0 Å². The third-order valence-electron chi connectivity index (χ3n) is 6.22. The van der Waals surface area contributed by atoms with Crippen LogP contribution in [0.15, 0.2) is 48.9 Å². The summed E-state index contributed by atoms with van der Waals surface area (Å²) in [5.41, 5.74) is 2.33. The first-order valence-corrected chi connectivity index (χ1v) is 9.54. The van der Waals surface area contributed by atoms with Gasteiger partial charge in [0.1, 0.15) is 0 Å². The van der Waals surface area contributed by atoms with Crippen LogP contribution in [0.25, 0.3) is 10.9 Å². The van der Waals surface area contributed by atoms with Gasteiger partial charge < -0.3 is 9.47 Å². The molecule has 0 saturated carbocycles. The number of benzene rings is 1. The van der Waals surface area contributed by atoms with Crippen molar-refractivity contribution in [2.75, 3.05) is 0 Å². The van der Waals surface area contributed by atoms with Crippen molar-refractivity contribution in [2.24, 2.45) is 7.05 Å². The van der Waals surface area contributed by atoms with E-state index in [1.165, 1.54) is 10.9 Å². The lowest BCUT2D eigenvalue weighted by atomic mass is 9.96. The second kappa shape index (κ2) is 6.01. The Kier molecular flexibility index (Phi) is 3.62. The Bertz CT molecular complexity index is 928. The summed E-state index contributed by atoms with van der Waals surface area (Å²) in [6.45, 7) is 0. The zero-order chi connectivity index (χ0) is 17.7. The summed E-state index contributed by atoms with van der Waals surface area (Å²) >= 11 is 0. The van der Waals surface area contributed by atoms with Crippen LogP contribution < -0.4 is 0 Å². The number of aromatic nitrogens is 3. The standard InChI is InChI=1S/C21H24N4O/c1-23-14-15(19-5-2-3-6-20(19)23)11-21(26)25-16-7-8-17(25)13-18(12-16)24-10-4-9-22-24/h2-6,9-10,14,16-18H,7-8,11-13H2,1H3. The fourth-order valence-electron chi connectivity index (χ4n) is 5.09. The van der Waals surface area contributed by atoms with Crippen LogP contribution in [0, 0.1) is 0 Å². The van der Waals surface area contributed by atoms with Gasteiger partial charge in [-0.3, -0.25) is 9.48 Å². The second-order valence-corrected chi connectivity index (χ2v) is 7.76. The summed E-state index contributed by atoms with van der Waals surface area (Å²) in [4.78, 5) is 15.4. The minimum Gasteiger partial charge on any atom is -0.350 e. The molecule has 5 rings (SSSR count). The number of hydrogen-bond acceptors (Lipinski definition) is 2. The lowest BCUT2D eigenvalue weighted by Gasteiger charge is -2.39. The minimum absolute atomic E-state index is 0.285. The summed E-state index contributed by atoms with van der Waals surface area (Å²) in [5, 5.41) is 5.62. The van der Waals surface area contributed by atoms with E-state index in [0.717, 1.165) is 31.2 Å². The van der Waals surface area contributed by atoms with Crippen LogP contribution in [0.3, 0.4) is 0 Å². The van der Waals surface area contributed by atoms with Gasteiger partial charge in [-0.05, 0) is 43.4 Å². The average molecular weight is 348 g/mol. The summed E-state index contributed by atoms with van der Waals surface area (Å²) in [6, 6.07) is 11.5. The Morgan fingerprint density at radius 2 is 1.88 bits per heavy atom. The highest BCUT2D eigenvalue weighted by atomic mass is 16.2. The van der Waals surface area contributed by atoms with Gasteiger partial charge in [0.25, 0.3) is 0 Å². The molecular formula is C21H24N4O. The Hall–Kier alpha value is -2.56. The van der Waals surface area contributed by atoms with Crippen molar-refractivity contribution >= 4 is 16.8 Å². The first-order chi connectivity index (χ1) is 12.7. The number of rotatable bonds is 3. The normalized spacial score (nSPS) is 25.1. The molecule has 2 unspecified atom stereocenters. The lowest BCUT2D eigenvalue weighted by Crippen LogP contribution is -2.47. The molecule has 2 atom stereocenters. The van der Waals surface area contributed by atoms with Gasteiger partial charge >= 0.3 is 0 Å². The topological polar surface area (TPSA) is 43.1 Å². The SMILES string of the molecule is Cn1cc(CC(=O)N2C3CCC2CC(n2cccn2)C3)c2ccccc21. The monoisotopic (exact) mass is 348 g/mol. The van der Waals surface area contributed by atoms with Gasteiger partial charge in [0.05, 0.1) is 12.5 Å². The van der Waals surface area contributed by atoms with Crippen LogP contribution in [0.5, 0.6) is 0 Å². The van der Waals surface area contributed by atoms with Crippen molar-refractivity contribution in [3.63, 3.8) is 0 Å². The molecule has 2 aliphatic heterocycles. The van der Waals surface area contributed by atoms with Gasteiger partial charge in [-0.2, -0.15) is 5.10 Å². The van der Waals surface area contributed by atoms with E-state index in [4.69, 9.17) is 0 Å². The summed E-state index contributed by atoms with van der Waals surface area (Å²) in [5.74, 6) is 0.285. The van der Waals surface area contributed by atoms with Crippen molar-refractivity contribution in [3.05, 3.63) is 54.5 Å². The molecule has 0 N–H and O–H groups in total. The average Bonchev–Trinajstić information content (AvgIpc) is 3.34. The third-order valence-corrected chi connectivity index (χ3v) is 6.22. The quantitative estimate of drug-likeness (QED) is 0.729. The molecule has 134 valence electrons. The lowest BCUT2D eigenvalue weighted by molar-refractivity contribution is -0.135. The van der Waals surface area contributed by atoms with Crippen LogP contribution in [0.1, 0.15) is 37.3 Å². The number of carbonyl (C=O) groups excluding carboxylic acids is 1. The van der Waals surface area contributed by atoms with E-state index in [2.05, 4.69) is 56.9 Å². The maximum atomic E-state index is 13.2. The maximum Gasteiger partial charge on any atom is 0.227 e. The molecule has 1 aromatic carbocycles. The molecule has 0 spiro atoms. The van der Waals surface area contributed by atoms with Gasteiger partial charge in [-0.25, -0.2) is 0 Å². The molecule has 5 nitrogen and oxygen atoms in total. The summed E-state index contributed by atoms with van der Waals surface area (Å²) in [7, 11) is 2.05. The number of hydrogen-bond donors (Lipinski definition) is 0. The third kappa shape index (κ3) is 2.45. The van der Waals surface area contributed by atoms with Crippen molar-refractivity contribution in [3.8, 4) is 0 Å². The Morgan fingerprint density at radius 3 is 2.62 bits per heavy atom. The predicted molar refractivity (Wildman–Crippen MR) is 101 cm³/mol. The second-order valence-electron chi connectivity index (χ2n) is 7.76. The number of piperidine rings is 1. The Labute approximate surface area is 153 Å². The smallest absolute Gasteiger partial charge is 0.227 e. The maximum absolute atomic E-state index is 13.2. The molecule has 3 aromatic rings. The first-order valence-electron chi connectivity index (χ1n) is 9.54. The van der Waals surface area contributed by atoms with Crippen molar-refractivity contribution in [1.82, 2.24) is 19.2 Å². The Morgan fingerprint density at radius 1 is 1.12 bits per heavy atom. The molecule has 26 heavy (non-hydrogen) atoms. The zero-order valence-corrected chi connectivity index (χ0v) is 15.1. The van der Waals surface area contributed by atoms with E-state index in [1.54, 1.807) is 0 Å². The highest BCUT2D eigenvalue weighted by Crippen LogP contribution is 2.41. The Balaban J connectivity index is 1.36. The summed E-state index contributed by atoms with van der Waals surface area (Å²) < 4.78 is 4.20. The highest BCUT2D eigenvalue weighted by Gasteiger charge is 2.43. The molecule has 1 amide bonds. The van der Waals surface area contributed by atoms with Gasteiger partial charge in [-0.15, -0.1) is 0 Å². The molecule has 0 radical (unpaired) electrons. The molecule has 0 aliphatic carbocycles. The largest absolute Gasteiger partial charge is 0.350 e. The fourth-order valence-corrected chi connectivity index (χ4v) is 5.09. The highest BCUT2D eigenvalue weighted by molar-refractivity contribution is 5.89. The van der Waals surface area contributed by atoms with Crippen LogP contribution in [-0.4, -0.2) is 37.2 Å². The van der Waals surface area contributed by atoms with Crippen molar-refractivity contribution < 1.29 is 4.79 Å². The van der Waals surface area contributed by atoms with E-state index in [-0.39, 0.29) is 5.91 Å². The minimum atomic E-state index is 0.285. The zero-order valence-electron chi connectivity index (χ0n) is 15.1. The number of para-hydroxylation sites is 1. The van der Waals surface area contributed by atoms with Gasteiger partial charge in [0, 0.05) is 48.6 Å². The van der Waals surface area contributed by atoms with Crippen LogP contribution in [-0.2, 0) is 18.3 Å². The van der Waals surface area contributed by atoms with Gasteiger partial charge in [-0.1, -0.05) is 18.2 Å². The molecule has 2 bridgehead atoms.